The maximum Gasteiger partial charge on any atom is 0.228 e. The zero-order valence-electron chi connectivity index (χ0n) is 10.0. The topological polar surface area (TPSA) is 62.5 Å². The highest BCUT2D eigenvalue weighted by atomic mass is 16.8. The molecule has 3 rings (SSSR count). The molecular formula is C14H13NO3. The first-order valence-corrected chi connectivity index (χ1v) is 5.83. The van der Waals surface area contributed by atoms with Crippen molar-refractivity contribution in [2.24, 2.45) is 0 Å². The molecule has 4 heteroatoms. The van der Waals surface area contributed by atoms with E-state index in [4.69, 9.17) is 14.7 Å². The van der Waals surface area contributed by atoms with Crippen molar-refractivity contribution in [2.45, 2.75) is 18.3 Å². The van der Waals surface area contributed by atoms with Crippen LogP contribution in [0.15, 0.2) is 35.9 Å². The number of nitriles is 1. The van der Waals surface area contributed by atoms with Crippen LogP contribution in [0.4, 0.5) is 0 Å². The Kier molecular flexibility index (Phi) is 2.32. The van der Waals surface area contributed by atoms with Gasteiger partial charge in [0.25, 0.3) is 0 Å². The van der Waals surface area contributed by atoms with Gasteiger partial charge in [0.1, 0.15) is 0 Å². The van der Waals surface area contributed by atoms with Gasteiger partial charge >= 0.3 is 0 Å². The Balaban J connectivity index is 2.10. The van der Waals surface area contributed by atoms with E-state index < -0.39 is 11.4 Å². The van der Waals surface area contributed by atoms with Crippen molar-refractivity contribution in [3.8, 4) is 6.07 Å². The van der Waals surface area contributed by atoms with Crippen LogP contribution in [0.1, 0.15) is 11.1 Å². The molecule has 0 bridgehead atoms. The second-order valence-corrected chi connectivity index (χ2v) is 4.61. The first-order valence-electron chi connectivity index (χ1n) is 5.83. The Morgan fingerprint density at radius 1 is 1.22 bits per heavy atom. The average Bonchev–Trinajstić information content (AvgIpc) is 2.87. The van der Waals surface area contributed by atoms with Gasteiger partial charge in [-0.25, -0.2) is 0 Å². The largest absolute Gasteiger partial charge is 0.374 e. The summed E-state index contributed by atoms with van der Waals surface area (Å²) in [4.78, 5) is 0. The molecule has 1 saturated heterocycles. The number of nitrogens with zero attached hydrogens (tertiary/aromatic N) is 1. The number of hydrogen-bond acceptors (Lipinski definition) is 4. The van der Waals surface area contributed by atoms with Crippen molar-refractivity contribution in [3.63, 3.8) is 0 Å². The lowest BCUT2D eigenvalue weighted by molar-refractivity contribution is -0.248. The fourth-order valence-electron chi connectivity index (χ4n) is 2.49. The van der Waals surface area contributed by atoms with Gasteiger partial charge in [-0.3, -0.25) is 0 Å². The quantitative estimate of drug-likeness (QED) is 0.809. The molecule has 1 aliphatic carbocycles. The van der Waals surface area contributed by atoms with Crippen LogP contribution in [0.25, 0.3) is 0 Å². The van der Waals surface area contributed by atoms with Crippen LogP contribution in [0.2, 0.25) is 0 Å². The standard InChI is InChI=1S/C14H13NO3/c1-10-2-4-11(5-3-10)14(16)12(9-15)8-13(14)17-6-7-18-13/h2-5,8,16H,6-7H2,1H3. The van der Waals surface area contributed by atoms with Crippen molar-refractivity contribution in [1.82, 2.24) is 0 Å². The zero-order chi connectivity index (χ0) is 12.8. The summed E-state index contributed by atoms with van der Waals surface area (Å²) >= 11 is 0. The van der Waals surface area contributed by atoms with E-state index in [2.05, 4.69) is 0 Å². The molecular weight excluding hydrogens is 230 g/mol. The predicted molar refractivity (Wildman–Crippen MR) is 63.4 cm³/mol. The molecule has 1 N–H and O–H groups in total. The molecule has 0 saturated carbocycles. The van der Waals surface area contributed by atoms with E-state index in [9.17, 15) is 5.11 Å². The van der Waals surface area contributed by atoms with Gasteiger partial charge in [-0.15, -0.1) is 0 Å². The van der Waals surface area contributed by atoms with Gasteiger partial charge in [-0.2, -0.15) is 5.26 Å². The molecule has 0 aromatic heterocycles. The van der Waals surface area contributed by atoms with Crippen molar-refractivity contribution in [3.05, 3.63) is 47.0 Å². The number of ether oxygens (including phenoxy) is 2. The third-order valence-corrected chi connectivity index (χ3v) is 3.53. The molecule has 1 aromatic rings. The molecule has 1 aliphatic heterocycles. The SMILES string of the molecule is Cc1ccc(C2(O)C(C#N)=CC23OCCO3)cc1. The van der Waals surface area contributed by atoms with Gasteiger partial charge < -0.3 is 14.6 Å². The van der Waals surface area contributed by atoms with Gasteiger partial charge in [0.15, 0.2) is 5.60 Å². The lowest BCUT2D eigenvalue weighted by Gasteiger charge is -2.48. The number of hydrogen-bond donors (Lipinski definition) is 1. The lowest BCUT2D eigenvalue weighted by atomic mass is 9.69. The lowest BCUT2D eigenvalue weighted by Crippen LogP contribution is -2.59. The second kappa shape index (κ2) is 3.66. The molecule has 1 aromatic carbocycles. The smallest absolute Gasteiger partial charge is 0.228 e. The van der Waals surface area contributed by atoms with Gasteiger partial charge in [0, 0.05) is 0 Å². The highest BCUT2D eigenvalue weighted by molar-refractivity contribution is 5.53. The van der Waals surface area contributed by atoms with E-state index in [-0.39, 0.29) is 5.57 Å². The van der Waals surface area contributed by atoms with Crippen LogP contribution >= 0.6 is 0 Å². The normalized spacial score (nSPS) is 28.6. The molecule has 18 heavy (non-hydrogen) atoms. The minimum atomic E-state index is -1.49. The van der Waals surface area contributed by atoms with Crippen molar-refractivity contribution in [1.29, 1.82) is 5.26 Å². The number of aliphatic hydroxyl groups is 1. The van der Waals surface area contributed by atoms with Crippen LogP contribution in [-0.2, 0) is 15.1 Å². The van der Waals surface area contributed by atoms with Gasteiger partial charge in [0.2, 0.25) is 5.79 Å². The highest BCUT2D eigenvalue weighted by Crippen LogP contribution is 2.53. The molecule has 92 valence electrons. The van der Waals surface area contributed by atoms with Crippen LogP contribution in [-0.4, -0.2) is 24.1 Å². The summed E-state index contributed by atoms with van der Waals surface area (Å²) in [7, 11) is 0. The number of aryl methyl sites for hydroxylation is 1. The summed E-state index contributed by atoms with van der Waals surface area (Å²) < 4.78 is 11.0. The third kappa shape index (κ3) is 1.24. The van der Waals surface area contributed by atoms with Crippen LogP contribution in [0.3, 0.4) is 0 Å². The summed E-state index contributed by atoms with van der Waals surface area (Å²) in [5.74, 6) is -1.19. The predicted octanol–water partition coefficient (Wildman–Crippen LogP) is 1.39. The fraction of sp³-hybridized carbons (Fsp3) is 0.357. The van der Waals surface area contributed by atoms with Crippen molar-refractivity contribution in [2.75, 3.05) is 13.2 Å². The van der Waals surface area contributed by atoms with E-state index in [0.717, 1.165) is 5.56 Å². The molecule has 4 nitrogen and oxygen atoms in total. The molecule has 1 unspecified atom stereocenters. The Bertz CT molecular complexity index is 549. The average molecular weight is 243 g/mol. The van der Waals surface area contributed by atoms with Crippen LogP contribution < -0.4 is 0 Å². The summed E-state index contributed by atoms with van der Waals surface area (Å²) in [5.41, 5.74) is 0.486. The molecule has 0 radical (unpaired) electrons. The molecule has 1 atom stereocenters. The monoisotopic (exact) mass is 243 g/mol. The summed E-state index contributed by atoms with van der Waals surface area (Å²) in [6.45, 7) is 2.81. The van der Waals surface area contributed by atoms with Crippen LogP contribution in [0.5, 0.6) is 0 Å². The maximum absolute atomic E-state index is 10.8. The minimum absolute atomic E-state index is 0.272. The second-order valence-electron chi connectivity index (χ2n) is 4.61. The summed E-state index contributed by atoms with van der Waals surface area (Å²) in [6.07, 6.45) is 1.56. The molecule has 1 fully saturated rings. The molecule has 1 spiro atoms. The molecule has 0 amide bonds. The van der Waals surface area contributed by atoms with E-state index in [0.29, 0.717) is 18.8 Å². The first kappa shape index (κ1) is 11.4. The maximum atomic E-state index is 10.8. The third-order valence-electron chi connectivity index (χ3n) is 3.53. The van der Waals surface area contributed by atoms with E-state index in [1.54, 1.807) is 18.2 Å². The number of rotatable bonds is 1. The Hall–Kier alpha value is -1.67. The van der Waals surface area contributed by atoms with Crippen molar-refractivity contribution < 1.29 is 14.6 Å². The van der Waals surface area contributed by atoms with Gasteiger partial charge in [-0.05, 0) is 18.6 Å². The van der Waals surface area contributed by atoms with E-state index in [1.165, 1.54) is 0 Å². The summed E-state index contributed by atoms with van der Waals surface area (Å²) in [6, 6.07) is 9.39. The van der Waals surface area contributed by atoms with E-state index >= 15 is 0 Å². The Morgan fingerprint density at radius 2 is 1.83 bits per heavy atom. The van der Waals surface area contributed by atoms with Crippen LogP contribution in [0, 0.1) is 18.3 Å². The summed E-state index contributed by atoms with van der Waals surface area (Å²) in [5, 5.41) is 19.9. The Labute approximate surface area is 105 Å². The Morgan fingerprint density at radius 3 is 2.39 bits per heavy atom. The molecule has 2 aliphatic rings. The number of benzene rings is 1. The highest BCUT2D eigenvalue weighted by Gasteiger charge is 2.64. The minimum Gasteiger partial charge on any atom is -0.374 e. The fourth-order valence-corrected chi connectivity index (χ4v) is 2.49. The zero-order valence-corrected chi connectivity index (χ0v) is 10.0. The van der Waals surface area contributed by atoms with Gasteiger partial charge in [-0.1, -0.05) is 29.8 Å². The van der Waals surface area contributed by atoms with E-state index in [1.807, 2.05) is 25.1 Å². The van der Waals surface area contributed by atoms with Crippen molar-refractivity contribution >= 4 is 0 Å². The first-order chi connectivity index (χ1) is 8.62. The van der Waals surface area contributed by atoms with Gasteiger partial charge in [0.05, 0.1) is 24.9 Å². The molecule has 1 heterocycles.